The number of nitrogens with one attached hydrogen (secondary N) is 4. The van der Waals surface area contributed by atoms with E-state index in [4.69, 9.17) is 5.73 Å². The van der Waals surface area contributed by atoms with Gasteiger partial charge in [-0.1, -0.05) is 36.8 Å². The molecule has 0 saturated carbocycles. The van der Waals surface area contributed by atoms with E-state index in [9.17, 15) is 29.1 Å². The van der Waals surface area contributed by atoms with Crippen molar-refractivity contribution < 1.29 is 33.8 Å². The first kappa shape index (κ1) is 39.1. The molecule has 0 heterocycles. The van der Waals surface area contributed by atoms with Crippen LogP contribution in [0.25, 0.3) is 0 Å². The van der Waals surface area contributed by atoms with Crippen molar-refractivity contribution in [3.63, 3.8) is 0 Å². The third-order valence-corrected chi connectivity index (χ3v) is 8.27. The van der Waals surface area contributed by atoms with Crippen molar-refractivity contribution in [3.8, 4) is 5.75 Å². The first-order valence-electron chi connectivity index (χ1n) is 15.7. The molecule has 12 nitrogen and oxygen atoms in total. The van der Waals surface area contributed by atoms with Gasteiger partial charge in [-0.3, -0.25) is 24.0 Å². The maximum Gasteiger partial charge on any atom is 0.305 e. The molecular formula is C34H49N5O7S. The minimum atomic E-state index is -0.935. The van der Waals surface area contributed by atoms with Gasteiger partial charge >= 0.3 is 5.97 Å². The molecular weight excluding hydrogens is 622 g/mol. The summed E-state index contributed by atoms with van der Waals surface area (Å²) in [6.07, 6.45) is 5.03. The molecule has 4 amide bonds. The molecule has 0 aliphatic rings. The molecule has 0 spiro atoms. The van der Waals surface area contributed by atoms with Gasteiger partial charge in [-0.25, -0.2) is 0 Å². The molecule has 0 unspecified atom stereocenters. The average molecular weight is 672 g/mol. The zero-order valence-corrected chi connectivity index (χ0v) is 28.5. The summed E-state index contributed by atoms with van der Waals surface area (Å²) in [4.78, 5) is 63.4. The van der Waals surface area contributed by atoms with E-state index in [0.717, 1.165) is 28.7 Å². The number of hydrogen-bond acceptors (Lipinski definition) is 9. The fourth-order valence-electron chi connectivity index (χ4n) is 4.99. The monoisotopic (exact) mass is 671 g/mol. The first-order chi connectivity index (χ1) is 22.4. The number of esters is 1. The highest BCUT2D eigenvalue weighted by atomic mass is 32.2. The van der Waals surface area contributed by atoms with Gasteiger partial charge in [0.25, 0.3) is 0 Å². The largest absolute Gasteiger partial charge is 0.508 e. The van der Waals surface area contributed by atoms with E-state index >= 15 is 0 Å². The summed E-state index contributed by atoms with van der Waals surface area (Å²) in [5, 5.41) is 20.7. The van der Waals surface area contributed by atoms with Gasteiger partial charge < -0.3 is 36.8 Å². The Balaban J connectivity index is 1.96. The van der Waals surface area contributed by atoms with Gasteiger partial charge in [0, 0.05) is 19.4 Å². The summed E-state index contributed by atoms with van der Waals surface area (Å²) in [6.45, 7) is 3.64. The molecule has 3 atom stereocenters. The number of aryl methyl sites for hydroxylation is 2. The van der Waals surface area contributed by atoms with Gasteiger partial charge in [0.2, 0.25) is 23.6 Å². The standard InChI is InChI=1S/C34H49N5O7S/c1-22-17-25(40)18-23(2)26(22)20-27(35)32(43)39-28(14-16-47-4)33(44)37-21-30(41)38-29(19-24-11-7-5-8-12-24)34(45)36-15-10-6-9-13-31(42)46-3/h5,7-8,11-12,17-18,27-29,40H,6,9-10,13-16,19-21,35H2,1-4H3,(H,36,45)(H,37,44)(H,38,41)(H,39,43)/t27-,28+,29-/m0/s1. The molecule has 2 aromatic carbocycles. The second-order valence-corrected chi connectivity index (χ2v) is 12.4. The van der Waals surface area contributed by atoms with Crippen LogP contribution in [0.1, 0.15) is 54.4 Å². The summed E-state index contributed by atoms with van der Waals surface area (Å²) in [5.41, 5.74) is 9.53. The number of carbonyl (C=O) groups excluding carboxylic acids is 5. The minimum absolute atomic E-state index is 0.135. The Bertz CT molecular complexity index is 1320. The number of hydrogen-bond donors (Lipinski definition) is 6. The van der Waals surface area contributed by atoms with Gasteiger partial charge in [0.1, 0.15) is 17.8 Å². The lowest BCUT2D eigenvalue weighted by molar-refractivity contribution is -0.140. The van der Waals surface area contributed by atoms with Crippen molar-refractivity contribution in [3.05, 3.63) is 64.7 Å². The number of aromatic hydroxyl groups is 1. The topological polar surface area (TPSA) is 189 Å². The van der Waals surface area contributed by atoms with Gasteiger partial charge in [-0.05, 0) is 85.9 Å². The van der Waals surface area contributed by atoms with E-state index in [1.807, 2.05) is 50.4 Å². The number of benzene rings is 2. The molecule has 0 fully saturated rings. The molecule has 13 heteroatoms. The molecule has 47 heavy (non-hydrogen) atoms. The van der Waals surface area contributed by atoms with Crippen molar-refractivity contribution in [1.82, 2.24) is 21.3 Å². The summed E-state index contributed by atoms with van der Waals surface area (Å²) < 4.78 is 4.64. The zero-order valence-electron chi connectivity index (χ0n) is 27.7. The summed E-state index contributed by atoms with van der Waals surface area (Å²) in [5.74, 6) is -1.52. The molecule has 0 aliphatic carbocycles. The van der Waals surface area contributed by atoms with Crippen LogP contribution in [0.3, 0.4) is 0 Å². The van der Waals surface area contributed by atoms with E-state index in [0.29, 0.717) is 38.0 Å². The fraction of sp³-hybridized carbons (Fsp3) is 0.500. The van der Waals surface area contributed by atoms with Crippen LogP contribution in [0, 0.1) is 13.8 Å². The normalized spacial score (nSPS) is 12.7. The molecule has 0 aliphatic heterocycles. The van der Waals surface area contributed by atoms with E-state index in [1.165, 1.54) is 18.9 Å². The van der Waals surface area contributed by atoms with E-state index in [1.54, 1.807) is 12.1 Å². The van der Waals surface area contributed by atoms with Crippen LogP contribution in [-0.2, 0) is 41.6 Å². The number of thioether (sulfide) groups is 1. The van der Waals surface area contributed by atoms with Crippen LogP contribution >= 0.6 is 11.8 Å². The molecule has 0 aromatic heterocycles. The van der Waals surface area contributed by atoms with Crippen molar-refractivity contribution in [2.45, 2.75) is 76.9 Å². The highest BCUT2D eigenvalue weighted by Crippen LogP contribution is 2.22. The average Bonchev–Trinajstić information content (AvgIpc) is 3.04. The van der Waals surface area contributed by atoms with E-state index < -0.39 is 42.4 Å². The van der Waals surface area contributed by atoms with Crippen LogP contribution in [0.2, 0.25) is 0 Å². The fourth-order valence-corrected chi connectivity index (χ4v) is 5.46. The number of ether oxygens (including phenoxy) is 1. The Morgan fingerprint density at radius 3 is 2.17 bits per heavy atom. The number of phenolic OH excluding ortho intramolecular Hbond substituents is 1. The van der Waals surface area contributed by atoms with E-state index in [2.05, 4.69) is 26.0 Å². The van der Waals surface area contributed by atoms with Crippen LogP contribution in [0.5, 0.6) is 5.75 Å². The predicted octanol–water partition coefficient (Wildman–Crippen LogP) is 1.81. The maximum absolute atomic E-state index is 13.1. The van der Waals surface area contributed by atoms with Crippen molar-refractivity contribution in [2.24, 2.45) is 5.73 Å². The Morgan fingerprint density at radius 1 is 0.872 bits per heavy atom. The van der Waals surface area contributed by atoms with Crippen LogP contribution in [-0.4, -0.2) is 85.0 Å². The molecule has 0 bridgehead atoms. The van der Waals surface area contributed by atoms with Gasteiger partial charge in [0.05, 0.1) is 19.7 Å². The maximum atomic E-state index is 13.1. The highest BCUT2D eigenvalue weighted by Gasteiger charge is 2.26. The number of unbranched alkanes of at least 4 members (excludes halogenated alkanes) is 2. The highest BCUT2D eigenvalue weighted by molar-refractivity contribution is 7.98. The lowest BCUT2D eigenvalue weighted by Gasteiger charge is -2.22. The van der Waals surface area contributed by atoms with Crippen molar-refractivity contribution >= 4 is 41.4 Å². The Kier molecular flexibility index (Phi) is 17.4. The lowest BCUT2D eigenvalue weighted by atomic mass is 9.96. The number of rotatable bonds is 20. The number of carbonyl (C=O) groups is 5. The van der Waals surface area contributed by atoms with Crippen molar-refractivity contribution in [1.29, 1.82) is 0 Å². The molecule has 2 aromatic rings. The van der Waals surface area contributed by atoms with Gasteiger partial charge in [-0.15, -0.1) is 0 Å². The second kappa shape index (κ2) is 20.9. The smallest absolute Gasteiger partial charge is 0.305 e. The molecule has 2 rings (SSSR count). The molecule has 258 valence electrons. The third kappa shape index (κ3) is 14.5. The number of nitrogens with two attached hydrogens (primary N) is 1. The summed E-state index contributed by atoms with van der Waals surface area (Å²) in [7, 11) is 1.34. The summed E-state index contributed by atoms with van der Waals surface area (Å²) >= 11 is 1.51. The van der Waals surface area contributed by atoms with Crippen LogP contribution < -0.4 is 27.0 Å². The number of methoxy groups -OCH3 is 1. The first-order valence-corrected chi connectivity index (χ1v) is 17.1. The number of amides is 4. The van der Waals surface area contributed by atoms with E-state index in [-0.39, 0.29) is 30.5 Å². The van der Waals surface area contributed by atoms with Crippen LogP contribution in [0.4, 0.5) is 0 Å². The Hall–Kier alpha value is -4.10. The molecule has 0 radical (unpaired) electrons. The predicted molar refractivity (Wildman–Crippen MR) is 183 cm³/mol. The molecule has 0 saturated heterocycles. The number of phenols is 1. The van der Waals surface area contributed by atoms with Crippen LogP contribution in [0.15, 0.2) is 42.5 Å². The quantitative estimate of drug-likeness (QED) is 0.0901. The Labute approximate surface area is 281 Å². The lowest BCUT2D eigenvalue weighted by Crippen LogP contribution is -2.54. The Morgan fingerprint density at radius 2 is 1.53 bits per heavy atom. The minimum Gasteiger partial charge on any atom is -0.508 e. The second-order valence-electron chi connectivity index (χ2n) is 11.4. The zero-order chi connectivity index (χ0) is 34.8. The summed E-state index contributed by atoms with van der Waals surface area (Å²) in [6, 6.07) is 9.74. The van der Waals surface area contributed by atoms with Gasteiger partial charge in [-0.2, -0.15) is 11.8 Å². The van der Waals surface area contributed by atoms with Crippen molar-refractivity contribution in [2.75, 3.05) is 32.2 Å². The third-order valence-electron chi connectivity index (χ3n) is 7.63. The van der Waals surface area contributed by atoms with Gasteiger partial charge in [0.15, 0.2) is 0 Å². The molecule has 7 N–H and O–H groups in total. The SMILES string of the molecule is COC(=O)CCCCCNC(=O)[C@H](Cc1ccccc1)NC(=O)CNC(=O)[C@@H](CCSC)NC(=O)[C@@H](N)Cc1c(C)cc(O)cc1C.